The van der Waals surface area contributed by atoms with Crippen LogP contribution < -0.4 is 11.1 Å². The molecule has 1 aromatic carbocycles. The van der Waals surface area contributed by atoms with Gasteiger partial charge >= 0.3 is 0 Å². The first kappa shape index (κ1) is 20.9. The summed E-state index contributed by atoms with van der Waals surface area (Å²) in [6.07, 6.45) is 4.65. The molecule has 0 spiro atoms. The van der Waals surface area contributed by atoms with Gasteiger partial charge in [0.15, 0.2) is 5.96 Å². The Balaban J connectivity index is 2.08. The Morgan fingerprint density at radius 3 is 3.00 bits per heavy atom. The Labute approximate surface area is 165 Å². The lowest BCUT2D eigenvalue weighted by Gasteiger charge is -2.34. The van der Waals surface area contributed by atoms with E-state index in [1.807, 2.05) is 18.2 Å². The lowest BCUT2D eigenvalue weighted by molar-refractivity contribution is -0.119. The summed E-state index contributed by atoms with van der Waals surface area (Å²) in [4.78, 5) is 18.4. The third kappa shape index (κ3) is 6.40. The number of nitrogens with zero attached hydrogens (tertiary/aromatic N) is 2. The SMILES string of the molecule is CCNC(=NCC(SC)c1cccc(Cl)c1)N1CCCC(CC(N)=O)C1. The van der Waals surface area contributed by atoms with Gasteiger partial charge < -0.3 is 16.0 Å². The number of piperidine rings is 1. The van der Waals surface area contributed by atoms with Crippen LogP contribution in [0.15, 0.2) is 29.3 Å². The zero-order chi connectivity index (χ0) is 18.9. The zero-order valence-electron chi connectivity index (χ0n) is 15.6. The minimum atomic E-state index is -0.220. The number of primary amides is 1. The number of halogens is 1. The van der Waals surface area contributed by atoms with E-state index in [0.29, 0.717) is 18.9 Å². The highest BCUT2D eigenvalue weighted by Crippen LogP contribution is 2.29. The van der Waals surface area contributed by atoms with Crippen LogP contribution in [0.2, 0.25) is 5.02 Å². The summed E-state index contributed by atoms with van der Waals surface area (Å²) >= 11 is 7.91. The maximum Gasteiger partial charge on any atom is 0.217 e. The largest absolute Gasteiger partial charge is 0.370 e. The Bertz CT molecular complexity index is 625. The number of thioether (sulfide) groups is 1. The van der Waals surface area contributed by atoms with Crippen LogP contribution in [-0.2, 0) is 4.79 Å². The van der Waals surface area contributed by atoms with E-state index in [1.54, 1.807) is 11.8 Å². The monoisotopic (exact) mass is 396 g/mol. The van der Waals surface area contributed by atoms with Gasteiger partial charge in [-0.1, -0.05) is 23.7 Å². The zero-order valence-corrected chi connectivity index (χ0v) is 17.2. The van der Waals surface area contributed by atoms with E-state index in [0.717, 1.165) is 43.5 Å². The van der Waals surface area contributed by atoms with Crippen molar-refractivity contribution in [1.29, 1.82) is 0 Å². The molecule has 1 saturated heterocycles. The van der Waals surface area contributed by atoms with Crippen molar-refractivity contribution in [2.24, 2.45) is 16.6 Å². The van der Waals surface area contributed by atoms with Crippen LogP contribution in [0.1, 0.15) is 37.0 Å². The Morgan fingerprint density at radius 1 is 1.54 bits per heavy atom. The molecule has 2 atom stereocenters. The van der Waals surface area contributed by atoms with Crippen LogP contribution in [0.3, 0.4) is 0 Å². The molecule has 0 radical (unpaired) electrons. The van der Waals surface area contributed by atoms with Crippen molar-refractivity contribution in [3.05, 3.63) is 34.9 Å². The van der Waals surface area contributed by atoms with Crippen LogP contribution in [-0.4, -0.2) is 49.2 Å². The van der Waals surface area contributed by atoms with Crippen LogP contribution >= 0.6 is 23.4 Å². The molecule has 7 heteroatoms. The second-order valence-corrected chi connectivity index (χ2v) is 8.08. The molecule has 1 heterocycles. The van der Waals surface area contributed by atoms with Crippen LogP contribution in [0, 0.1) is 5.92 Å². The first-order valence-electron chi connectivity index (χ1n) is 9.13. The van der Waals surface area contributed by atoms with E-state index < -0.39 is 0 Å². The first-order chi connectivity index (χ1) is 12.5. The Hall–Kier alpha value is -1.40. The first-order valence-corrected chi connectivity index (χ1v) is 10.8. The molecule has 2 rings (SSSR count). The number of aliphatic imine (C=N–C) groups is 1. The van der Waals surface area contributed by atoms with Crippen molar-refractivity contribution in [1.82, 2.24) is 10.2 Å². The number of nitrogens with one attached hydrogen (secondary N) is 1. The summed E-state index contributed by atoms with van der Waals surface area (Å²) in [6.45, 7) is 5.36. The maximum atomic E-state index is 11.3. The van der Waals surface area contributed by atoms with Crippen LogP contribution in [0.5, 0.6) is 0 Å². The van der Waals surface area contributed by atoms with E-state index in [-0.39, 0.29) is 11.2 Å². The molecular formula is C19H29ClN4OS. The van der Waals surface area contributed by atoms with Gasteiger partial charge in [0.05, 0.1) is 6.54 Å². The van der Waals surface area contributed by atoms with Gasteiger partial charge in [0.2, 0.25) is 5.91 Å². The number of likely N-dealkylation sites (tertiary alicyclic amines) is 1. The highest BCUT2D eigenvalue weighted by molar-refractivity contribution is 7.98. The number of rotatable bonds is 7. The number of guanidine groups is 1. The molecule has 0 aliphatic carbocycles. The molecule has 3 N–H and O–H groups in total. The van der Waals surface area contributed by atoms with Gasteiger partial charge in [-0.2, -0.15) is 11.8 Å². The van der Waals surface area contributed by atoms with Gasteiger partial charge in [0.25, 0.3) is 0 Å². The molecule has 1 aliphatic rings. The fourth-order valence-electron chi connectivity index (χ4n) is 3.33. The molecule has 144 valence electrons. The molecule has 1 aliphatic heterocycles. The topological polar surface area (TPSA) is 70.7 Å². The molecule has 1 fully saturated rings. The molecule has 1 amide bonds. The molecule has 26 heavy (non-hydrogen) atoms. The van der Waals surface area contributed by atoms with Gasteiger partial charge in [-0.3, -0.25) is 9.79 Å². The molecular weight excluding hydrogens is 368 g/mol. The second-order valence-electron chi connectivity index (χ2n) is 6.60. The number of amides is 1. The van der Waals surface area contributed by atoms with E-state index >= 15 is 0 Å². The van der Waals surface area contributed by atoms with Gasteiger partial charge in [-0.15, -0.1) is 0 Å². The molecule has 2 unspecified atom stereocenters. The highest BCUT2D eigenvalue weighted by atomic mass is 35.5. The molecule has 5 nitrogen and oxygen atoms in total. The number of hydrogen-bond donors (Lipinski definition) is 2. The summed E-state index contributed by atoms with van der Waals surface area (Å²) in [7, 11) is 0. The van der Waals surface area contributed by atoms with E-state index in [9.17, 15) is 4.79 Å². The predicted molar refractivity (Wildman–Crippen MR) is 112 cm³/mol. The molecule has 1 aromatic rings. The van der Waals surface area contributed by atoms with E-state index in [1.165, 1.54) is 5.56 Å². The average Bonchev–Trinajstić information content (AvgIpc) is 2.61. The van der Waals surface area contributed by atoms with Crippen molar-refractivity contribution >= 4 is 35.2 Å². The summed E-state index contributed by atoms with van der Waals surface area (Å²) in [6, 6.07) is 7.98. The van der Waals surface area contributed by atoms with Gasteiger partial charge in [-0.25, -0.2) is 0 Å². The molecule has 0 aromatic heterocycles. The Morgan fingerprint density at radius 2 is 2.35 bits per heavy atom. The second kappa shape index (κ2) is 10.7. The standard InChI is InChI=1S/C19H29ClN4OS/c1-3-22-19(24-9-5-6-14(13-24)10-18(21)25)23-12-17(26-2)15-7-4-8-16(20)11-15/h4,7-8,11,14,17H,3,5-6,9-10,12-13H2,1-2H3,(H2,21,25)(H,22,23). The van der Waals surface area contributed by atoms with Crippen LogP contribution in [0.4, 0.5) is 0 Å². The fourth-order valence-corrected chi connectivity index (χ4v) is 4.17. The third-order valence-corrected chi connectivity index (χ3v) is 5.78. The number of nitrogens with two attached hydrogens (primary N) is 1. The minimum Gasteiger partial charge on any atom is -0.370 e. The number of carbonyl (C=O) groups excluding carboxylic acids is 1. The quantitative estimate of drug-likeness (QED) is 0.548. The van der Waals surface area contributed by atoms with Crippen LogP contribution in [0.25, 0.3) is 0 Å². The maximum absolute atomic E-state index is 11.3. The van der Waals surface area contributed by atoms with Crippen molar-refractivity contribution in [3.63, 3.8) is 0 Å². The van der Waals surface area contributed by atoms with Crippen molar-refractivity contribution in [2.45, 2.75) is 31.4 Å². The summed E-state index contributed by atoms with van der Waals surface area (Å²) < 4.78 is 0. The Kier molecular flexibility index (Phi) is 8.59. The van der Waals surface area contributed by atoms with Crippen molar-refractivity contribution in [2.75, 3.05) is 32.4 Å². The number of benzene rings is 1. The number of hydrogen-bond acceptors (Lipinski definition) is 3. The lowest BCUT2D eigenvalue weighted by Crippen LogP contribution is -2.47. The fraction of sp³-hybridized carbons (Fsp3) is 0.579. The summed E-state index contributed by atoms with van der Waals surface area (Å²) in [5.41, 5.74) is 6.57. The lowest BCUT2D eigenvalue weighted by atomic mass is 9.95. The minimum absolute atomic E-state index is 0.220. The normalized spacial score (nSPS) is 19.3. The van der Waals surface area contributed by atoms with Crippen molar-refractivity contribution < 1.29 is 4.79 Å². The predicted octanol–water partition coefficient (Wildman–Crippen LogP) is 3.30. The van der Waals surface area contributed by atoms with E-state index in [2.05, 4.69) is 29.5 Å². The van der Waals surface area contributed by atoms with Gasteiger partial charge in [0, 0.05) is 36.3 Å². The van der Waals surface area contributed by atoms with E-state index in [4.69, 9.17) is 22.3 Å². The third-order valence-electron chi connectivity index (χ3n) is 4.56. The average molecular weight is 397 g/mol. The summed E-state index contributed by atoms with van der Waals surface area (Å²) in [5, 5.41) is 4.40. The van der Waals surface area contributed by atoms with Gasteiger partial charge in [-0.05, 0) is 49.6 Å². The van der Waals surface area contributed by atoms with Gasteiger partial charge in [0.1, 0.15) is 0 Å². The molecule has 0 bridgehead atoms. The number of carbonyl (C=O) groups is 1. The summed E-state index contributed by atoms with van der Waals surface area (Å²) in [5.74, 6) is 1.01. The smallest absolute Gasteiger partial charge is 0.217 e. The molecule has 0 saturated carbocycles. The van der Waals surface area contributed by atoms with Crippen molar-refractivity contribution in [3.8, 4) is 0 Å². The highest BCUT2D eigenvalue weighted by Gasteiger charge is 2.23.